The predicted octanol–water partition coefficient (Wildman–Crippen LogP) is 6.94. The van der Waals surface area contributed by atoms with Crippen molar-refractivity contribution in [2.45, 2.75) is 92.2 Å². The van der Waals surface area contributed by atoms with Crippen LogP contribution in [0.2, 0.25) is 0 Å². The fourth-order valence-corrected chi connectivity index (χ4v) is 6.82. The summed E-state index contributed by atoms with van der Waals surface area (Å²) in [5, 5.41) is 14.6. The van der Waals surface area contributed by atoms with Crippen molar-refractivity contribution < 1.29 is 0 Å². The number of unbranched alkanes of at least 4 members (excludes halogenated alkanes) is 1. The highest BCUT2D eigenvalue weighted by molar-refractivity contribution is 5.79. The molecule has 3 heterocycles. The van der Waals surface area contributed by atoms with Crippen molar-refractivity contribution in [3.8, 4) is 22.5 Å². The molecule has 218 valence electrons. The maximum Gasteiger partial charge on any atom is 0.328 e. The van der Waals surface area contributed by atoms with E-state index in [0.717, 1.165) is 47.3 Å². The number of nitrogens with zero attached hydrogens (tertiary/aromatic N) is 6. The summed E-state index contributed by atoms with van der Waals surface area (Å²) < 4.78 is 4.13. The van der Waals surface area contributed by atoms with Crippen LogP contribution in [-0.2, 0) is 13.0 Å². The molecule has 0 aliphatic heterocycles. The van der Waals surface area contributed by atoms with E-state index in [-0.39, 0.29) is 11.7 Å². The molecular formula is C33H45N7O. The van der Waals surface area contributed by atoms with Crippen molar-refractivity contribution in [2.75, 3.05) is 0 Å². The lowest BCUT2D eigenvalue weighted by atomic mass is 9.76. The van der Waals surface area contributed by atoms with Gasteiger partial charge in [0.15, 0.2) is 0 Å². The third-order valence-corrected chi connectivity index (χ3v) is 9.08. The van der Waals surface area contributed by atoms with E-state index >= 15 is 0 Å². The minimum atomic E-state index is 0.118. The highest BCUT2D eigenvalue weighted by atomic mass is 16.1. The van der Waals surface area contributed by atoms with Crippen LogP contribution >= 0.6 is 0 Å². The van der Waals surface area contributed by atoms with Gasteiger partial charge in [-0.15, -0.1) is 10.2 Å². The molecule has 3 aromatic heterocycles. The molecule has 2 atom stereocenters. The summed E-state index contributed by atoms with van der Waals surface area (Å²) in [6.45, 7) is 12.0. The van der Waals surface area contributed by atoms with Crippen LogP contribution in [0.25, 0.3) is 22.5 Å². The monoisotopic (exact) mass is 555 g/mol. The summed E-state index contributed by atoms with van der Waals surface area (Å²) in [6, 6.07) is 12.3. The van der Waals surface area contributed by atoms with Crippen LogP contribution in [-0.4, -0.2) is 34.7 Å². The van der Waals surface area contributed by atoms with Crippen molar-refractivity contribution in [3.63, 3.8) is 0 Å². The van der Waals surface area contributed by atoms with E-state index in [1.54, 1.807) is 0 Å². The van der Waals surface area contributed by atoms with Crippen molar-refractivity contribution in [1.29, 1.82) is 0 Å². The minimum absolute atomic E-state index is 0.118. The zero-order valence-electron chi connectivity index (χ0n) is 25.3. The van der Waals surface area contributed by atoms with E-state index in [2.05, 4.69) is 72.1 Å². The molecule has 0 saturated heterocycles. The SMILES string of the molecule is CCCCc1cn(C2C(C(C)C)CCCCC2C(C)C)c(=O)n1Cc1ccc(-c2ccccc2-c2nn[nH]n2)cn1. The number of imidazole rings is 1. The van der Waals surface area contributed by atoms with E-state index in [1.165, 1.54) is 25.7 Å². The Balaban J connectivity index is 1.49. The summed E-state index contributed by atoms with van der Waals surface area (Å²) in [5.74, 6) is 2.65. The molecule has 1 aliphatic carbocycles. The molecule has 1 aliphatic rings. The molecule has 4 aromatic rings. The van der Waals surface area contributed by atoms with Crippen LogP contribution in [0.5, 0.6) is 0 Å². The lowest BCUT2D eigenvalue weighted by molar-refractivity contribution is 0.145. The zero-order chi connectivity index (χ0) is 28.9. The molecular weight excluding hydrogens is 510 g/mol. The Bertz CT molecular complexity index is 1430. The maximum atomic E-state index is 14.2. The van der Waals surface area contributed by atoms with Gasteiger partial charge in [0.2, 0.25) is 5.82 Å². The third-order valence-electron chi connectivity index (χ3n) is 9.08. The second-order valence-electron chi connectivity index (χ2n) is 12.4. The molecule has 1 N–H and O–H groups in total. The average molecular weight is 556 g/mol. The van der Waals surface area contributed by atoms with Crippen LogP contribution in [0.3, 0.4) is 0 Å². The van der Waals surface area contributed by atoms with Crippen molar-refractivity contribution in [3.05, 3.63) is 70.7 Å². The fourth-order valence-electron chi connectivity index (χ4n) is 6.82. The first-order valence-corrected chi connectivity index (χ1v) is 15.5. The smallest absolute Gasteiger partial charge is 0.295 e. The van der Waals surface area contributed by atoms with E-state index in [9.17, 15) is 4.79 Å². The van der Waals surface area contributed by atoms with Gasteiger partial charge in [-0.25, -0.2) is 4.79 Å². The number of nitrogens with one attached hydrogen (secondary N) is 1. The minimum Gasteiger partial charge on any atom is -0.295 e. The van der Waals surface area contributed by atoms with Gasteiger partial charge < -0.3 is 0 Å². The van der Waals surface area contributed by atoms with Crippen molar-refractivity contribution in [2.24, 2.45) is 23.7 Å². The van der Waals surface area contributed by atoms with Gasteiger partial charge >= 0.3 is 5.69 Å². The Morgan fingerprint density at radius 1 is 0.976 bits per heavy atom. The second kappa shape index (κ2) is 13.0. The largest absolute Gasteiger partial charge is 0.328 e. The van der Waals surface area contributed by atoms with E-state index in [1.807, 2.05) is 41.1 Å². The highest BCUT2D eigenvalue weighted by Gasteiger charge is 2.37. The van der Waals surface area contributed by atoms with Crippen molar-refractivity contribution >= 4 is 0 Å². The molecule has 0 spiro atoms. The topological polar surface area (TPSA) is 94.3 Å². The first-order valence-electron chi connectivity index (χ1n) is 15.5. The van der Waals surface area contributed by atoms with Crippen LogP contribution in [0, 0.1) is 23.7 Å². The number of H-pyrrole nitrogens is 1. The number of aryl methyl sites for hydroxylation is 1. The lowest BCUT2D eigenvalue weighted by Gasteiger charge is -2.36. The first-order chi connectivity index (χ1) is 19.9. The lowest BCUT2D eigenvalue weighted by Crippen LogP contribution is -2.38. The van der Waals surface area contributed by atoms with E-state index in [4.69, 9.17) is 4.98 Å². The number of aromatic amines is 1. The summed E-state index contributed by atoms with van der Waals surface area (Å²) in [6.07, 6.45) is 12.1. The molecule has 41 heavy (non-hydrogen) atoms. The predicted molar refractivity (Wildman–Crippen MR) is 163 cm³/mol. The number of tetrazole rings is 1. The number of hydrogen-bond donors (Lipinski definition) is 1. The van der Waals surface area contributed by atoms with Gasteiger partial charge in [0.05, 0.1) is 12.2 Å². The Morgan fingerprint density at radius 3 is 2.27 bits per heavy atom. The second-order valence-corrected chi connectivity index (χ2v) is 12.4. The van der Waals surface area contributed by atoms with Gasteiger partial charge in [-0.3, -0.25) is 14.1 Å². The van der Waals surface area contributed by atoms with Crippen LogP contribution < -0.4 is 5.69 Å². The number of pyridine rings is 1. The standard InChI is InChI=1S/C33H45N7O/c1-6-7-12-26-21-40(31-27(22(2)3)13-8-9-14-28(31)23(4)5)33(41)39(26)20-25-18-17-24(19-34-25)29-15-10-11-16-30(29)32-35-37-38-36-32/h10-11,15-19,21-23,27-28,31H,6-9,12-14,20H2,1-5H3,(H,35,36,37,38). The Kier molecular flexibility index (Phi) is 9.15. The zero-order valence-corrected chi connectivity index (χ0v) is 25.3. The summed E-state index contributed by atoms with van der Waals surface area (Å²) in [5.41, 5.74) is 4.99. The van der Waals surface area contributed by atoms with Crippen LogP contribution in [0.15, 0.2) is 53.6 Å². The number of benzene rings is 1. The van der Waals surface area contributed by atoms with Crippen molar-refractivity contribution in [1.82, 2.24) is 34.7 Å². The summed E-state index contributed by atoms with van der Waals surface area (Å²) >= 11 is 0. The molecule has 1 fully saturated rings. The van der Waals surface area contributed by atoms with Gasteiger partial charge in [-0.05, 0) is 66.2 Å². The molecule has 1 aromatic carbocycles. The molecule has 5 rings (SSSR count). The van der Waals surface area contributed by atoms with E-state index in [0.29, 0.717) is 36.0 Å². The maximum absolute atomic E-state index is 14.2. The Labute approximate surface area is 243 Å². The fraction of sp³-hybridized carbons (Fsp3) is 0.545. The molecule has 2 unspecified atom stereocenters. The molecule has 0 amide bonds. The Hall–Kier alpha value is -3.55. The van der Waals surface area contributed by atoms with Gasteiger partial charge in [0.1, 0.15) is 0 Å². The molecule has 1 saturated carbocycles. The van der Waals surface area contributed by atoms with Gasteiger partial charge in [0.25, 0.3) is 0 Å². The van der Waals surface area contributed by atoms with Gasteiger partial charge in [0, 0.05) is 35.3 Å². The normalized spacial score (nSPS) is 19.6. The first kappa shape index (κ1) is 29.0. The summed E-state index contributed by atoms with van der Waals surface area (Å²) in [7, 11) is 0. The van der Waals surface area contributed by atoms with Crippen LogP contribution in [0.4, 0.5) is 0 Å². The van der Waals surface area contributed by atoms with Gasteiger partial charge in [-0.2, -0.15) is 5.21 Å². The number of rotatable bonds is 10. The van der Waals surface area contributed by atoms with E-state index < -0.39 is 0 Å². The average Bonchev–Trinajstić information content (AvgIpc) is 3.54. The van der Waals surface area contributed by atoms with Crippen LogP contribution in [0.1, 0.15) is 90.6 Å². The molecule has 8 nitrogen and oxygen atoms in total. The molecule has 8 heteroatoms. The molecule has 0 bridgehead atoms. The quantitative estimate of drug-likeness (QED) is 0.214. The number of hydrogen-bond acceptors (Lipinski definition) is 5. The Morgan fingerprint density at radius 2 is 1.68 bits per heavy atom. The van der Waals surface area contributed by atoms with Gasteiger partial charge in [-0.1, -0.05) is 84.2 Å². The third kappa shape index (κ3) is 6.21. The summed E-state index contributed by atoms with van der Waals surface area (Å²) in [4.78, 5) is 19.1. The number of aromatic nitrogens is 7. The highest BCUT2D eigenvalue weighted by Crippen LogP contribution is 2.43. The molecule has 0 radical (unpaired) electrons.